The van der Waals surface area contributed by atoms with Crippen LogP contribution in [0.1, 0.15) is 22.8 Å². The summed E-state index contributed by atoms with van der Waals surface area (Å²) in [7, 11) is 0. The zero-order chi connectivity index (χ0) is 15.7. The van der Waals surface area contributed by atoms with Gasteiger partial charge < -0.3 is 20.3 Å². The van der Waals surface area contributed by atoms with E-state index in [1.807, 2.05) is 19.1 Å². The average molecular weight is 338 g/mol. The van der Waals surface area contributed by atoms with Gasteiger partial charge in [0.05, 0.1) is 5.52 Å². The maximum atomic E-state index is 12.5. The molecule has 0 spiro atoms. The molecule has 2 heterocycles. The Balaban J connectivity index is 0.00000192. The molecule has 23 heavy (non-hydrogen) atoms. The molecule has 1 aromatic heterocycles. The molecule has 0 bridgehead atoms. The van der Waals surface area contributed by atoms with Crippen LogP contribution in [0.3, 0.4) is 0 Å². The van der Waals surface area contributed by atoms with E-state index in [2.05, 4.69) is 10.6 Å². The van der Waals surface area contributed by atoms with Crippen molar-refractivity contribution in [2.75, 3.05) is 19.6 Å². The number of rotatable bonds is 5. The van der Waals surface area contributed by atoms with Gasteiger partial charge in [-0.3, -0.25) is 9.59 Å². The Morgan fingerprint density at radius 3 is 2.87 bits per heavy atom. The van der Waals surface area contributed by atoms with Crippen LogP contribution in [0.5, 0.6) is 5.75 Å². The molecule has 0 radical (unpaired) electrons. The first kappa shape index (κ1) is 17.3. The van der Waals surface area contributed by atoms with Crippen molar-refractivity contribution in [2.45, 2.75) is 19.9 Å². The summed E-state index contributed by atoms with van der Waals surface area (Å²) in [5, 5.41) is 16.7. The Morgan fingerprint density at radius 1 is 1.35 bits per heavy atom. The number of halogens is 1. The first-order valence-electron chi connectivity index (χ1n) is 7.51. The molecule has 124 valence electrons. The van der Waals surface area contributed by atoms with E-state index in [4.69, 9.17) is 0 Å². The van der Waals surface area contributed by atoms with Gasteiger partial charge in [-0.1, -0.05) is 19.1 Å². The van der Waals surface area contributed by atoms with Crippen LogP contribution < -0.4 is 16.2 Å². The van der Waals surface area contributed by atoms with Gasteiger partial charge in [-0.25, -0.2) is 0 Å². The number of likely N-dealkylation sites (N-methyl/N-ethyl adjacent to an activating group) is 1. The summed E-state index contributed by atoms with van der Waals surface area (Å²) in [5.41, 5.74) is 1.19. The lowest BCUT2D eigenvalue weighted by molar-refractivity contribution is 0.0949. The molecular formula is C16H20ClN3O3. The Hall–Kier alpha value is -2.05. The number of carbonyl (C=O) groups is 1. The maximum absolute atomic E-state index is 12.5. The molecule has 2 aromatic rings. The highest BCUT2D eigenvalue weighted by Crippen LogP contribution is 2.31. The van der Waals surface area contributed by atoms with E-state index >= 15 is 0 Å². The Kier molecular flexibility index (Phi) is 5.28. The van der Waals surface area contributed by atoms with E-state index < -0.39 is 11.5 Å². The SMILES string of the molecule is CCNCCNC(=O)c1c(O)c2cccc3c2n(c1=O)CC3.Cl. The summed E-state index contributed by atoms with van der Waals surface area (Å²) in [6.45, 7) is 4.36. The second-order valence-electron chi connectivity index (χ2n) is 5.35. The minimum atomic E-state index is -0.525. The first-order valence-corrected chi connectivity index (χ1v) is 7.51. The summed E-state index contributed by atoms with van der Waals surface area (Å²) >= 11 is 0. The third-order valence-corrected chi connectivity index (χ3v) is 4.01. The second-order valence-corrected chi connectivity index (χ2v) is 5.35. The summed E-state index contributed by atoms with van der Waals surface area (Å²) in [6, 6.07) is 5.52. The minimum Gasteiger partial charge on any atom is -0.506 e. The summed E-state index contributed by atoms with van der Waals surface area (Å²) in [5.74, 6) is -0.746. The molecule has 0 atom stereocenters. The fourth-order valence-corrected chi connectivity index (χ4v) is 2.96. The predicted molar refractivity (Wildman–Crippen MR) is 91.7 cm³/mol. The highest BCUT2D eigenvalue weighted by molar-refractivity contribution is 6.03. The molecule has 7 heteroatoms. The fourth-order valence-electron chi connectivity index (χ4n) is 2.96. The molecule has 0 saturated heterocycles. The van der Waals surface area contributed by atoms with Crippen molar-refractivity contribution in [2.24, 2.45) is 0 Å². The average Bonchev–Trinajstić information content (AvgIpc) is 2.95. The van der Waals surface area contributed by atoms with Crippen molar-refractivity contribution in [3.63, 3.8) is 0 Å². The number of pyridine rings is 1. The van der Waals surface area contributed by atoms with Crippen molar-refractivity contribution in [1.82, 2.24) is 15.2 Å². The van der Waals surface area contributed by atoms with Crippen LogP contribution in [0.25, 0.3) is 10.9 Å². The van der Waals surface area contributed by atoms with Gasteiger partial charge in [0.15, 0.2) is 0 Å². The topological polar surface area (TPSA) is 83.4 Å². The summed E-state index contributed by atoms with van der Waals surface area (Å²) in [6.07, 6.45) is 0.748. The van der Waals surface area contributed by atoms with Crippen LogP contribution in [0.4, 0.5) is 0 Å². The number of aryl methyl sites for hydroxylation is 2. The van der Waals surface area contributed by atoms with E-state index in [0.29, 0.717) is 25.0 Å². The van der Waals surface area contributed by atoms with E-state index in [-0.39, 0.29) is 23.7 Å². The van der Waals surface area contributed by atoms with Gasteiger partial charge in [0.2, 0.25) is 0 Å². The van der Waals surface area contributed by atoms with Gasteiger partial charge in [0, 0.05) is 25.0 Å². The normalized spacial score (nSPS) is 12.2. The number of amides is 1. The molecule has 1 aliphatic heterocycles. The number of benzene rings is 1. The first-order chi connectivity index (χ1) is 10.6. The lowest BCUT2D eigenvalue weighted by atomic mass is 10.1. The lowest BCUT2D eigenvalue weighted by Gasteiger charge is -2.11. The second kappa shape index (κ2) is 7.02. The predicted octanol–water partition coefficient (Wildman–Crippen LogP) is 1.02. The van der Waals surface area contributed by atoms with Gasteiger partial charge in [0.1, 0.15) is 11.3 Å². The standard InChI is InChI=1S/C16H19N3O3.ClH/c1-2-17-7-8-18-15(21)12-14(20)11-5-3-4-10-6-9-19(13(10)11)16(12)22;/h3-5,17,20H,2,6-9H2,1H3,(H,18,21);1H. The molecule has 1 aromatic carbocycles. The Bertz CT molecular complexity index is 801. The van der Waals surface area contributed by atoms with Crippen molar-refractivity contribution in [1.29, 1.82) is 0 Å². The van der Waals surface area contributed by atoms with Gasteiger partial charge in [-0.15, -0.1) is 12.4 Å². The third-order valence-electron chi connectivity index (χ3n) is 4.01. The van der Waals surface area contributed by atoms with Gasteiger partial charge in [-0.05, 0) is 24.6 Å². The van der Waals surface area contributed by atoms with Crippen molar-refractivity contribution in [3.8, 4) is 5.75 Å². The molecule has 3 N–H and O–H groups in total. The van der Waals surface area contributed by atoms with E-state index in [1.54, 1.807) is 10.6 Å². The summed E-state index contributed by atoms with van der Waals surface area (Å²) < 4.78 is 1.59. The maximum Gasteiger partial charge on any atom is 0.267 e. The van der Waals surface area contributed by atoms with Crippen LogP contribution in [0, 0.1) is 0 Å². The van der Waals surface area contributed by atoms with Crippen LogP contribution in [-0.2, 0) is 13.0 Å². The Labute approximate surface area is 139 Å². The van der Waals surface area contributed by atoms with Crippen LogP contribution in [0.2, 0.25) is 0 Å². The quantitative estimate of drug-likeness (QED) is 0.711. The largest absolute Gasteiger partial charge is 0.506 e. The zero-order valence-electron chi connectivity index (χ0n) is 12.9. The van der Waals surface area contributed by atoms with Crippen molar-refractivity contribution < 1.29 is 9.90 Å². The third kappa shape index (κ3) is 2.92. The van der Waals surface area contributed by atoms with E-state index in [0.717, 1.165) is 24.0 Å². The highest BCUT2D eigenvalue weighted by Gasteiger charge is 2.25. The van der Waals surface area contributed by atoms with Gasteiger partial charge in [-0.2, -0.15) is 0 Å². The highest BCUT2D eigenvalue weighted by atomic mass is 35.5. The molecule has 1 aliphatic rings. The van der Waals surface area contributed by atoms with Gasteiger partial charge in [0.25, 0.3) is 11.5 Å². The molecule has 6 nitrogen and oxygen atoms in total. The van der Waals surface area contributed by atoms with Crippen molar-refractivity contribution >= 4 is 29.2 Å². The molecule has 0 fully saturated rings. The molecular weight excluding hydrogens is 318 g/mol. The Morgan fingerprint density at radius 2 is 2.13 bits per heavy atom. The van der Waals surface area contributed by atoms with Crippen LogP contribution in [0.15, 0.2) is 23.0 Å². The molecule has 0 unspecified atom stereocenters. The molecule has 1 amide bonds. The number of aromatic nitrogens is 1. The van der Waals surface area contributed by atoms with Crippen molar-refractivity contribution in [3.05, 3.63) is 39.7 Å². The summed E-state index contributed by atoms with van der Waals surface area (Å²) in [4.78, 5) is 24.8. The number of aromatic hydroxyl groups is 1. The zero-order valence-corrected chi connectivity index (χ0v) is 13.7. The van der Waals surface area contributed by atoms with Gasteiger partial charge >= 0.3 is 0 Å². The van der Waals surface area contributed by atoms with E-state index in [9.17, 15) is 14.7 Å². The fraction of sp³-hybridized carbons (Fsp3) is 0.375. The number of nitrogens with one attached hydrogen (secondary N) is 2. The number of nitrogens with zero attached hydrogens (tertiary/aromatic N) is 1. The number of para-hydroxylation sites is 1. The van der Waals surface area contributed by atoms with Crippen LogP contribution in [-0.4, -0.2) is 35.2 Å². The molecule has 0 aliphatic carbocycles. The molecule has 0 saturated carbocycles. The monoisotopic (exact) mass is 337 g/mol. The van der Waals surface area contributed by atoms with E-state index in [1.165, 1.54) is 0 Å². The number of hydrogen-bond donors (Lipinski definition) is 3. The molecule has 3 rings (SSSR count). The number of carbonyl (C=O) groups excluding carboxylic acids is 1. The lowest BCUT2D eigenvalue weighted by Crippen LogP contribution is -2.36. The smallest absolute Gasteiger partial charge is 0.267 e. The minimum absolute atomic E-state index is 0. The van der Waals surface area contributed by atoms with Crippen LogP contribution >= 0.6 is 12.4 Å². The number of hydrogen-bond acceptors (Lipinski definition) is 4.